The second-order valence-electron chi connectivity index (χ2n) is 5.61. The zero-order chi connectivity index (χ0) is 16.2. The van der Waals surface area contributed by atoms with Crippen LogP contribution >= 0.6 is 0 Å². The number of hydrogen-bond acceptors (Lipinski definition) is 5. The smallest absolute Gasteiger partial charge is 0.274 e. The van der Waals surface area contributed by atoms with Crippen molar-refractivity contribution < 1.29 is 4.42 Å². The lowest BCUT2D eigenvalue weighted by Crippen LogP contribution is -2.18. The van der Waals surface area contributed by atoms with Crippen LogP contribution < -0.4 is 10.9 Å². The number of H-pyrrole nitrogens is 1. The molecule has 0 aliphatic heterocycles. The van der Waals surface area contributed by atoms with Crippen LogP contribution in [0.15, 0.2) is 51.9 Å². The maximum Gasteiger partial charge on any atom is 0.274 e. The van der Waals surface area contributed by atoms with Crippen molar-refractivity contribution in [3.63, 3.8) is 0 Å². The third-order valence-corrected chi connectivity index (χ3v) is 3.53. The van der Waals surface area contributed by atoms with E-state index in [1.165, 1.54) is 5.56 Å². The number of nitrogens with zero attached hydrogens (tertiary/aromatic N) is 2. The average molecular weight is 310 g/mol. The van der Waals surface area contributed by atoms with Crippen LogP contribution in [0.25, 0.3) is 0 Å². The van der Waals surface area contributed by atoms with E-state index in [1.807, 2.05) is 24.3 Å². The van der Waals surface area contributed by atoms with Crippen LogP contribution in [0.4, 0.5) is 11.6 Å². The Morgan fingerprint density at radius 3 is 2.57 bits per heavy atom. The molecule has 0 spiro atoms. The van der Waals surface area contributed by atoms with E-state index in [1.54, 1.807) is 18.4 Å². The summed E-state index contributed by atoms with van der Waals surface area (Å²) in [5.74, 6) is 1.47. The molecule has 0 saturated heterocycles. The molecule has 0 radical (unpaired) electrons. The molecule has 0 amide bonds. The molecule has 2 aromatic heterocycles. The molecule has 118 valence electrons. The number of rotatable bonds is 5. The summed E-state index contributed by atoms with van der Waals surface area (Å²) in [5, 5.41) is 11.0. The largest absolute Gasteiger partial charge is 0.469 e. The van der Waals surface area contributed by atoms with E-state index in [0.717, 1.165) is 5.69 Å². The third-order valence-electron chi connectivity index (χ3n) is 3.53. The second-order valence-corrected chi connectivity index (χ2v) is 5.61. The normalized spacial score (nSPS) is 10.9. The number of anilines is 2. The predicted molar refractivity (Wildman–Crippen MR) is 88.0 cm³/mol. The summed E-state index contributed by atoms with van der Waals surface area (Å²) >= 11 is 0. The molecule has 23 heavy (non-hydrogen) atoms. The van der Waals surface area contributed by atoms with Crippen LogP contribution in [0, 0.1) is 0 Å². The maximum atomic E-state index is 12.1. The molecule has 1 aromatic carbocycles. The molecule has 0 fully saturated rings. The van der Waals surface area contributed by atoms with E-state index in [9.17, 15) is 4.79 Å². The Bertz CT molecular complexity index is 821. The topological polar surface area (TPSA) is 83.8 Å². The fourth-order valence-electron chi connectivity index (χ4n) is 2.20. The number of benzene rings is 1. The summed E-state index contributed by atoms with van der Waals surface area (Å²) in [5.41, 5.74) is 2.14. The standard InChI is InChI=1S/C17H18N4O2/c1-11(2)12-5-7-13(8-6-12)18-17-19-16(22)15(20-21-17)10-14-4-3-9-23-14/h3-9,11H,10H2,1-2H3,(H2,18,19,21,22). The minimum atomic E-state index is -0.280. The lowest BCUT2D eigenvalue weighted by atomic mass is 10.0. The summed E-state index contributed by atoms with van der Waals surface area (Å²) in [4.78, 5) is 14.8. The van der Waals surface area contributed by atoms with Gasteiger partial charge in [0.2, 0.25) is 5.95 Å². The molecular weight excluding hydrogens is 292 g/mol. The van der Waals surface area contributed by atoms with Gasteiger partial charge in [0.05, 0.1) is 12.7 Å². The number of aromatic nitrogens is 3. The lowest BCUT2D eigenvalue weighted by molar-refractivity contribution is 0.517. The number of nitrogens with one attached hydrogen (secondary N) is 2. The first-order valence-corrected chi connectivity index (χ1v) is 7.47. The van der Waals surface area contributed by atoms with Crippen LogP contribution in [-0.4, -0.2) is 15.2 Å². The van der Waals surface area contributed by atoms with Crippen molar-refractivity contribution in [3.8, 4) is 0 Å². The van der Waals surface area contributed by atoms with Gasteiger partial charge in [0, 0.05) is 5.69 Å². The van der Waals surface area contributed by atoms with E-state index < -0.39 is 0 Å². The van der Waals surface area contributed by atoms with Gasteiger partial charge in [0.1, 0.15) is 11.5 Å². The van der Waals surface area contributed by atoms with Gasteiger partial charge in [-0.05, 0) is 35.7 Å². The molecule has 0 saturated carbocycles. The summed E-state index contributed by atoms with van der Waals surface area (Å²) in [6, 6.07) is 11.6. The molecular formula is C17H18N4O2. The second kappa shape index (κ2) is 6.48. The Hall–Kier alpha value is -2.89. The quantitative estimate of drug-likeness (QED) is 0.756. The van der Waals surface area contributed by atoms with Crippen molar-refractivity contribution in [1.82, 2.24) is 15.2 Å². The van der Waals surface area contributed by atoms with Crippen LogP contribution in [0.1, 0.15) is 36.8 Å². The summed E-state index contributed by atoms with van der Waals surface area (Å²) in [6.45, 7) is 4.28. The highest BCUT2D eigenvalue weighted by molar-refractivity contribution is 5.53. The molecule has 0 aliphatic rings. The van der Waals surface area contributed by atoms with Crippen molar-refractivity contribution in [2.24, 2.45) is 0 Å². The van der Waals surface area contributed by atoms with Gasteiger partial charge in [0.15, 0.2) is 0 Å². The molecule has 3 rings (SSSR count). The van der Waals surface area contributed by atoms with Crippen molar-refractivity contribution >= 4 is 11.6 Å². The highest BCUT2D eigenvalue weighted by Gasteiger charge is 2.08. The molecule has 6 heteroatoms. The fourth-order valence-corrected chi connectivity index (χ4v) is 2.20. The summed E-state index contributed by atoms with van der Waals surface area (Å²) in [6.07, 6.45) is 1.88. The summed E-state index contributed by atoms with van der Waals surface area (Å²) < 4.78 is 5.21. The van der Waals surface area contributed by atoms with E-state index in [4.69, 9.17) is 4.42 Å². The zero-order valence-electron chi connectivity index (χ0n) is 13.0. The van der Waals surface area contributed by atoms with Gasteiger partial charge in [0.25, 0.3) is 5.56 Å². The Balaban J connectivity index is 1.73. The van der Waals surface area contributed by atoms with Gasteiger partial charge in [-0.15, -0.1) is 10.2 Å². The molecule has 0 bridgehead atoms. The lowest BCUT2D eigenvalue weighted by Gasteiger charge is -2.08. The van der Waals surface area contributed by atoms with E-state index in [2.05, 4.69) is 34.3 Å². The molecule has 0 aliphatic carbocycles. The molecule has 6 nitrogen and oxygen atoms in total. The Morgan fingerprint density at radius 1 is 1.17 bits per heavy atom. The number of aromatic amines is 1. The first kappa shape index (κ1) is 15.0. The van der Waals surface area contributed by atoms with Crippen molar-refractivity contribution in [3.05, 3.63) is 70.0 Å². The molecule has 2 heterocycles. The van der Waals surface area contributed by atoms with Crippen molar-refractivity contribution in [2.45, 2.75) is 26.2 Å². The highest BCUT2D eigenvalue weighted by Crippen LogP contribution is 2.18. The fraction of sp³-hybridized carbons (Fsp3) is 0.235. The van der Waals surface area contributed by atoms with Crippen LogP contribution in [0.3, 0.4) is 0 Å². The van der Waals surface area contributed by atoms with Gasteiger partial charge < -0.3 is 9.73 Å². The Kier molecular flexibility index (Phi) is 4.23. The van der Waals surface area contributed by atoms with Crippen molar-refractivity contribution in [2.75, 3.05) is 5.32 Å². The SMILES string of the molecule is CC(C)c1ccc(Nc2nnc(Cc3ccco3)c(=O)[nH]2)cc1. The average Bonchev–Trinajstić information content (AvgIpc) is 3.04. The zero-order valence-corrected chi connectivity index (χ0v) is 13.0. The van der Waals surface area contributed by atoms with Gasteiger partial charge in [-0.25, -0.2) is 0 Å². The minimum Gasteiger partial charge on any atom is -0.469 e. The van der Waals surface area contributed by atoms with Crippen LogP contribution in [-0.2, 0) is 6.42 Å². The Morgan fingerprint density at radius 2 is 1.96 bits per heavy atom. The maximum absolute atomic E-state index is 12.1. The van der Waals surface area contributed by atoms with E-state index >= 15 is 0 Å². The highest BCUT2D eigenvalue weighted by atomic mass is 16.3. The molecule has 0 unspecified atom stereocenters. The van der Waals surface area contributed by atoms with Gasteiger partial charge in [-0.2, -0.15) is 0 Å². The van der Waals surface area contributed by atoms with Gasteiger partial charge >= 0.3 is 0 Å². The third kappa shape index (κ3) is 3.66. The molecule has 2 N–H and O–H groups in total. The summed E-state index contributed by atoms with van der Waals surface area (Å²) in [7, 11) is 0. The van der Waals surface area contributed by atoms with Crippen molar-refractivity contribution in [1.29, 1.82) is 0 Å². The molecule has 3 aromatic rings. The van der Waals surface area contributed by atoms with Crippen LogP contribution in [0.5, 0.6) is 0 Å². The minimum absolute atomic E-state index is 0.280. The first-order valence-electron chi connectivity index (χ1n) is 7.47. The number of furan rings is 1. The predicted octanol–water partition coefficient (Wildman–Crippen LogP) is 3.22. The van der Waals surface area contributed by atoms with Gasteiger partial charge in [-0.1, -0.05) is 26.0 Å². The van der Waals surface area contributed by atoms with E-state index in [0.29, 0.717) is 29.7 Å². The monoisotopic (exact) mass is 310 g/mol. The first-order chi connectivity index (χ1) is 11.1. The Labute approximate surface area is 133 Å². The number of hydrogen-bond donors (Lipinski definition) is 2. The van der Waals surface area contributed by atoms with E-state index in [-0.39, 0.29) is 5.56 Å². The van der Waals surface area contributed by atoms with Crippen LogP contribution in [0.2, 0.25) is 0 Å². The van der Waals surface area contributed by atoms with Gasteiger partial charge in [-0.3, -0.25) is 9.78 Å². The molecule has 0 atom stereocenters.